The van der Waals surface area contributed by atoms with Gasteiger partial charge in [0.2, 0.25) is 5.91 Å². The van der Waals surface area contributed by atoms with Crippen LogP contribution in [0, 0.1) is 0 Å². The van der Waals surface area contributed by atoms with E-state index in [2.05, 4.69) is 10.6 Å². The summed E-state index contributed by atoms with van der Waals surface area (Å²) in [5, 5.41) is 5.17. The second-order valence-corrected chi connectivity index (χ2v) is 4.96. The van der Waals surface area contributed by atoms with E-state index in [0.717, 1.165) is 10.5 Å². The van der Waals surface area contributed by atoms with E-state index in [1.54, 1.807) is 0 Å². The maximum absolute atomic E-state index is 12.2. The van der Waals surface area contributed by atoms with Crippen molar-refractivity contribution in [1.82, 2.24) is 15.5 Å². The summed E-state index contributed by atoms with van der Waals surface area (Å²) < 4.78 is 4.82. The number of imide groups is 1. The molecule has 1 aromatic carbocycles. The van der Waals surface area contributed by atoms with Crippen LogP contribution in [-0.4, -0.2) is 49.0 Å². The summed E-state index contributed by atoms with van der Waals surface area (Å²) >= 11 is 0. The van der Waals surface area contributed by atoms with Gasteiger partial charge in [0.05, 0.1) is 19.6 Å². The summed E-state index contributed by atoms with van der Waals surface area (Å²) in [6, 6.07) is 7.95. The molecule has 7 nitrogen and oxygen atoms in total. The van der Waals surface area contributed by atoms with E-state index in [-0.39, 0.29) is 24.8 Å². The normalized spacial score (nSPS) is 17.5. The first-order valence-electron chi connectivity index (χ1n) is 7.03. The van der Waals surface area contributed by atoms with Gasteiger partial charge in [-0.3, -0.25) is 14.5 Å². The van der Waals surface area contributed by atoms with Crippen LogP contribution in [-0.2, 0) is 20.9 Å². The molecule has 0 spiro atoms. The van der Waals surface area contributed by atoms with E-state index in [1.807, 2.05) is 30.3 Å². The van der Waals surface area contributed by atoms with E-state index < -0.39 is 12.1 Å². The summed E-state index contributed by atoms with van der Waals surface area (Å²) in [6.07, 6.45) is -0.0699. The quantitative estimate of drug-likeness (QED) is 0.559. The van der Waals surface area contributed by atoms with Gasteiger partial charge < -0.3 is 15.4 Å². The SMILES string of the molecule is COCCNC(=O)C[C@H]1NC(=O)N(Cc2ccccc2)C1=O. The number of carbonyl (C=O) groups is 3. The molecule has 0 saturated carbocycles. The number of rotatable bonds is 7. The van der Waals surface area contributed by atoms with Gasteiger partial charge in [-0.1, -0.05) is 30.3 Å². The lowest BCUT2D eigenvalue weighted by Gasteiger charge is -2.13. The number of benzene rings is 1. The van der Waals surface area contributed by atoms with E-state index in [1.165, 1.54) is 7.11 Å². The molecule has 2 rings (SSSR count). The van der Waals surface area contributed by atoms with Crippen molar-refractivity contribution in [2.75, 3.05) is 20.3 Å². The predicted octanol–water partition coefficient (Wildman–Crippen LogP) is 0.260. The number of hydrogen-bond acceptors (Lipinski definition) is 4. The molecule has 0 aromatic heterocycles. The van der Waals surface area contributed by atoms with Crippen LogP contribution in [0.3, 0.4) is 0 Å². The van der Waals surface area contributed by atoms with E-state index in [0.29, 0.717) is 13.2 Å². The molecule has 22 heavy (non-hydrogen) atoms. The number of nitrogens with zero attached hydrogens (tertiary/aromatic N) is 1. The Morgan fingerprint density at radius 3 is 2.73 bits per heavy atom. The highest BCUT2D eigenvalue weighted by molar-refractivity contribution is 6.05. The second-order valence-electron chi connectivity index (χ2n) is 4.96. The number of ether oxygens (including phenoxy) is 1. The predicted molar refractivity (Wildman–Crippen MR) is 78.8 cm³/mol. The van der Waals surface area contributed by atoms with Gasteiger partial charge in [-0.05, 0) is 5.56 Å². The fourth-order valence-electron chi connectivity index (χ4n) is 2.18. The molecule has 4 amide bonds. The highest BCUT2D eigenvalue weighted by atomic mass is 16.5. The molecule has 1 aromatic rings. The van der Waals surface area contributed by atoms with E-state index in [9.17, 15) is 14.4 Å². The highest BCUT2D eigenvalue weighted by Gasteiger charge is 2.38. The molecule has 1 aliphatic heterocycles. The van der Waals surface area contributed by atoms with Gasteiger partial charge in [-0.25, -0.2) is 4.79 Å². The Bertz CT molecular complexity index is 547. The standard InChI is InChI=1S/C15H19N3O4/c1-22-8-7-16-13(19)9-12-14(20)18(15(21)17-12)10-11-5-3-2-4-6-11/h2-6,12H,7-10H2,1H3,(H,16,19)(H,17,21)/t12-/m1/s1. The molecule has 1 aliphatic rings. The second kappa shape index (κ2) is 7.56. The van der Waals surface area contributed by atoms with Crippen LogP contribution in [0.25, 0.3) is 0 Å². The van der Waals surface area contributed by atoms with Crippen molar-refractivity contribution in [3.63, 3.8) is 0 Å². The van der Waals surface area contributed by atoms with Crippen LogP contribution in [0.5, 0.6) is 0 Å². The van der Waals surface area contributed by atoms with Gasteiger partial charge >= 0.3 is 6.03 Å². The van der Waals surface area contributed by atoms with E-state index >= 15 is 0 Å². The molecular weight excluding hydrogens is 286 g/mol. The van der Waals surface area contributed by atoms with Gasteiger partial charge in [0.25, 0.3) is 5.91 Å². The van der Waals surface area contributed by atoms with E-state index in [4.69, 9.17) is 4.74 Å². The third-order valence-corrected chi connectivity index (χ3v) is 3.31. The highest BCUT2D eigenvalue weighted by Crippen LogP contribution is 2.13. The minimum absolute atomic E-state index is 0.0699. The number of amides is 4. The van der Waals surface area contributed by atoms with Crippen molar-refractivity contribution in [3.05, 3.63) is 35.9 Å². The molecule has 0 unspecified atom stereocenters. The van der Waals surface area contributed by atoms with Gasteiger partial charge in [0, 0.05) is 13.7 Å². The van der Waals surface area contributed by atoms with Crippen LogP contribution in [0.2, 0.25) is 0 Å². The summed E-state index contributed by atoms with van der Waals surface area (Å²) in [6.45, 7) is 0.974. The lowest BCUT2D eigenvalue weighted by atomic mass is 10.2. The van der Waals surface area contributed by atoms with Crippen molar-refractivity contribution in [1.29, 1.82) is 0 Å². The fourth-order valence-corrected chi connectivity index (χ4v) is 2.18. The average Bonchev–Trinajstić information content (AvgIpc) is 2.76. The first-order chi connectivity index (χ1) is 10.6. The first kappa shape index (κ1) is 16.0. The minimum Gasteiger partial charge on any atom is -0.383 e. The number of hydrogen-bond donors (Lipinski definition) is 2. The van der Waals surface area contributed by atoms with Gasteiger partial charge in [-0.15, -0.1) is 0 Å². The van der Waals surface area contributed by atoms with Crippen LogP contribution < -0.4 is 10.6 Å². The van der Waals surface area contributed by atoms with Gasteiger partial charge in [0.15, 0.2) is 0 Å². The monoisotopic (exact) mass is 305 g/mol. The van der Waals surface area contributed by atoms with Crippen molar-refractivity contribution in [2.24, 2.45) is 0 Å². The van der Waals surface area contributed by atoms with Crippen LogP contribution in [0.4, 0.5) is 4.79 Å². The maximum atomic E-state index is 12.2. The molecule has 0 radical (unpaired) electrons. The smallest absolute Gasteiger partial charge is 0.325 e. The third kappa shape index (κ3) is 4.05. The molecule has 1 saturated heterocycles. The zero-order valence-corrected chi connectivity index (χ0v) is 12.4. The largest absolute Gasteiger partial charge is 0.383 e. The molecule has 1 fully saturated rings. The Kier molecular flexibility index (Phi) is 5.48. The fraction of sp³-hybridized carbons (Fsp3) is 0.400. The molecule has 1 atom stereocenters. The van der Waals surface area contributed by atoms with Crippen LogP contribution in [0.15, 0.2) is 30.3 Å². The summed E-state index contributed by atoms with van der Waals surface area (Å²) in [5.74, 6) is -0.673. The summed E-state index contributed by atoms with van der Waals surface area (Å²) in [7, 11) is 1.54. The topological polar surface area (TPSA) is 87.7 Å². The lowest BCUT2D eigenvalue weighted by molar-refractivity contribution is -0.131. The number of urea groups is 1. The summed E-state index contributed by atoms with van der Waals surface area (Å²) in [5.41, 5.74) is 0.858. The average molecular weight is 305 g/mol. The third-order valence-electron chi connectivity index (χ3n) is 3.31. The number of methoxy groups -OCH3 is 1. The molecule has 7 heteroatoms. The molecular formula is C15H19N3O4. The van der Waals surface area contributed by atoms with Crippen molar-refractivity contribution in [2.45, 2.75) is 19.0 Å². The van der Waals surface area contributed by atoms with Crippen molar-refractivity contribution < 1.29 is 19.1 Å². The Balaban J connectivity index is 1.90. The maximum Gasteiger partial charge on any atom is 0.325 e. The number of nitrogens with one attached hydrogen (secondary N) is 2. The Morgan fingerprint density at radius 2 is 2.05 bits per heavy atom. The van der Waals surface area contributed by atoms with Gasteiger partial charge in [-0.2, -0.15) is 0 Å². The summed E-state index contributed by atoms with van der Waals surface area (Å²) in [4.78, 5) is 36.9. The minimum atomic E-state index is -0.807. The molecule has 0 aliphatic carbocycles. The van der Waals surface area contributed by atoms with Crippen molar-refractivity contribution >= 4 is 17.8 Å². The zero-order chi connectivity index (χ0) is 15.9. The zero-order valence-electron chi connectivity index (χ0n) is 12.4. The Labute approximate surface area is 128 Å². The van der Waals surface area contributed by atoms with Gasteiger partial charge in [0.1, 0.15) is 6.04 Å². The molecule has 1 heterocycles. The lowest BCUT2D eigenvalue weighted by Crippen LogP contribution is -2.37. The molecule has 2 N–H and O–H groups in total. The number of carbonyl (C=O) groups excluding carboxylic acids is 3. The van der Waals surface area contributed by atoms with Crippen LogP contribution >= 0.6 is 0 Å². The van der Waals surface area contributed by atoms with Crippen molar-refractivity contribution in [3.8, 4) is 0 Å². The van der Waals surface area contributed by atoms with Crippen LogP contribution in [0.1, 0.15) is 12.0 Å². The Morgan fingerprint density at radius 1 is 1.32 bits per heavy atom. The first-order valence-corrected chi connectivity index (χ1v) is 7.03. The molecule has 0 bridgehead atoms. The molecule has 118 valence electrons. The Hall–Kier alpha value is -2.41.